The minimum absolute atomic E-state index is 0. The van der Waals surface area contributed by atoms with E-state index in [0.717, 1.165) is 0 Å². The second-order valence-corrected chi connectivity index (χ2v) is 0. The first-order valence-electron chi connectivity index (χ1n) is 0. The van der Waals surface area contributed by atoms with Gasteiger partial charge in [-0.25, -0.2) is 0 Å². The van der Waals surface area contributed by atoms with Crippen molar-refractivity contribution in [2.45, 2.75) is 0 Å². The van der Waals surface area contributed by atoms with E-state index in [1.54, 1.807) is 0 Å². The summed E-state index contributed by atoms with van der Waals surface area (Å²) in [5.74, 6) is 0. The molecule has 50 N–H and O–H groups in total. The molecule has 0 bridgehead atoms. The smallest absolute Gasteiger partial charge is 0 e. The van der Waals surface area contributed by atoms with Crippen molar-refractivity contribution in [2.75, 3.05) is 0 Å². The fourth-order valence-electron chi connectivity index (χ4n) is 0. The molecule has 0 fully saturated rings. The molecule has 0 atom stereocenters. The molecule has 0 spiro atoms. The first-order chi connectivity index (χ1) is 0. The van der Waals surface area contributed by atoms with Gasteiger partial charge < -0.3 is 137 Å². The van der Waals surface area contributed by atoms with Gasteiger partial charge in [-0.3, -0.25) is 0 Å². The van der Waals surface area contributed by atoms with Crippen LogP contribution in [0, 0.1) is 0 Å². The summed E-state index contributed by atoms with van der Waals surface area (Å²) in [7, 11) is 0. The first-order valence-corrected chi connectivity index (χ1v) is 0. The molecule has 40 heavy (non-hydrogen) atoms. The molecule has 0 aliphatic heterocycles. The molecule has 25 nitrogen and oxygen atoms in total. The molecule has 0 saturated carbocycles. The Morgan fingerprint density at radius 1 is 0.0500 bits per heavy atom. The van der Waals surface area contributed by atoms with Crippen LogP contribution >= 0.6 is 0 Å². The van der Waals surface area contributed by atoms with Crippen LogP contribution in [0.25, 0.3) is 0 Å². The summed E-state index contributed by atoms with van der Waals surface area (Å²) in [4.78, 5) is 0. The Hall–Kier alpha value is 6.79. The predicted molar refractivity (Wildman–Crippen MR) is 90.3 cm³/mol. The molecule has 40 heteroatoms. The summed E-state index contributed by atoms with van der Waals surface area (Å²) in [5.41, 5.74) is 0. The molecule has 0 aromatic heterocycles. The molecule has 0 amide bonds. The van der Waals surface area contributed by atoms with E-state index in [-0.39, 0.29) is 393 Å². The molecule has 0 aliphatic carbocycles. The monoisotopic (exact) mass is 1290 g/mol. The van der Waals surface area contributed by atoms with E-state index in [0.29, 0.717) is 0 Å². The van der Waals surface area contributed by atoms with Crippen molar-refractivity contribution >= 4 is 0 Å². The standard InChI is InChI=1S/15Fe.25H2O/h;;;;;;;;;;;;;;;25*1H2. The Morgan fingerprint density at radius 3 is 0.0500 bits per heavy atom. The molecule has 0 radical (unpaired) electrons. The molecule has 0 aliphatic rings. The van der Waals surface area contributed by atoms with E-state index in [1.807, 2.05) is 0 Å². The van der Waals surface area contributed by atoms with E-state index in [9.17, 15) is 0 Å². The van der Waals surface area contributed by atoms with Gasteiger partial charge in [0.1, 0.15) is 0 Å². The van der Waals surface area contributed by atoms with Crippen molar-refractivity contribution in [2.24, 2.45) is 0 Å². The zero-order chi connectivity index (χ0) is 0. The first kappa shape index (κ1) is 2130. The van der Waals surface area contributed by atoms with Crippen molar-refractivity contribution in [3.8, 4) is 0 Å². The zero-order valence-corrected chi connectivity index (χ0v) is 34.4. The van der Waals surface area contributed by atoms with Gasteiger partial charge in [0, 0.05) is 256 Å². The Bertz CT molecular complexity index is 38.2. The van der Waals surface area contributed by atoms with Gasteiger partial charge >= 0.3 is 0 Å². The molecule has 0 rings (SSSR count). The van der Waals surface area contributed by atoms with Gasteiger partial charge in [-0.15, -0.1) is 0 Å². The number of hydrogen-bond acceptors (Lipinski definition) is 0. The van der Waals surface area contributed by atoms with Gasteiger partial charge in [0.2, 0.25) is 0 Å². The molecule has 0 saturated heterocycles. The molecular weight excluding hydrogens is 1240 g/mol. The Labute approximate surface area is 387 Å². The van der Waals surface area contributed by atoms with Crippen molar-refractivity contribution in [3.05, 3.63) is 0 Å². The van der Waals surface area contributed by atoms with Gasteiger partial charge in [0.05, 0.1) is 0 Å². The maximum atomic E-state index is 0. The minimum atomic E-state index is 0. The Balaban J connectivity index is 0. The van der Waals surface area contributed by atoms with Crippen LogP contribution < -0.4 is 0 Å². The van der Waals surface area contributed by atoms with Crippen LogP contribution in [0.15, 0.2) is 0 Å². The maximum absolute atomic E-state index is 0. The van der Waals surface area contributed by atoms with E-state index in [2.05, 4.69) is 0 Å². The third-order valence-corrected chi connectivity index (χ3v) is 0. The molecule has 0 aromatic rings. The van der Waals surface area contributed by atoms with Crippen LogP contribution in [0.5, 0.6) is 0 Å². The summed E-state index contributed by atoms with van der Waals surface area (Å²) in [6, 6.07) is 0. The van der Waals surface area contributed by atoms with Gasteiger partial charge in [0.25, 0.3) is 0 Å². The van der Waals surface area contributed by atoms with Gasteiger partial charge in [0.15, 0.2) is 0 Å². The van der Waals surface area contributed by atoms with Crippen LogP contribution in [0.1, 0.15) is 0 Å². The molecule has 0 heterocycles. The average molecular weight is 1290 g/mol. The van der Waals surface area contributed by atoms with Crippen LogP contribution in [0.2, 0.25) is 0 Å². The van der Waals surface area contributed by atoms with Crippen LogP contribution in [-0.4, -0.2) is 137 Å². The maximum Gasteiger partial charge on any atom is 0 e. The minimum Gasteiger partial charge on any atom is -0.412 e. The van der Waals surface area contributed by atoms with Crippen molar-refractivity contribution in [1.82, 2.24) is 0 Å². The third kappa shape index (κ3) is 1860. The molecule has 0 aromatic carbocycles. The fraction of sp³-hybridized carbons (Fsp3) is 0. The number of hydrogen-bond donors (Lipinski definition) is 0. The summed E-state index contributed by atoms with van der Waals surface area (Å²) in [6.07, 6.45) is 0. The Morgan fingerprint density at radius 2 is 0.0500 bits per heavy atom. The third-order valence-electron chi connectivity index (χ3n) is 0. The summed E-state index contributed by atoms with van der Waals surface area (Å²) in [5, 5.41) is 0. The molecular formula is H50Fe15O25. The molecule has 0 unspecified atom stereocenters. The van der Waals surface area contributed by atoms with Crippen molar-refractivity contribution in [1.29, 1.82) is 0 Å². The van der Waals surface area contributed by atoms with E-state index in [4.69, 9.17) is 0 Å². The van der Waals surface area contributed by atoms with E-state index >= 15 is 0 Å². The second kappa shape index (κ2) is 1990. The predicted octanol–water partition coefficient (Wildman–Crippen LogP) is -20.7. The van der Waals surface area contributed by atoms with Crippen LogP contribution in [0.3, 0.4) is 0 Å². The topological polar surface area (TPSA) is 788 Å². The Kier molecular flexibility index (Phi) is 106000. The number of rotatable bonds is 0. The summed E-state index contributed by atoms with van der Waals surface area (Å²) < 4.78 is 0. The average Bonchev–Trinajstić information content (AvgIpc) is 0. The summed E-state index contributed by atoms with van der Waals surface area (Å²) >= 11 is 0. The van der Waals surface area contributed by atoms with E-state index in [1.165, 1.54) is 0 Å². The normalized spacial score (nSPS) is 0. The van der Waals surface area contributed by atoms with Crippen LogP contribution in [0.4, 0.5) is 0 Å². The van der Waals surface area contributed by atoms with Crippen LogP contribution in [-0.2, 0) is 256 Å². The zero-order valence-electron chi connectivity index (χ0n) is 17.8. The quantitative estimate of drug-likeness (QED) is 0.204. The molecule has 320 valence electrons. The van der Waals surface area contributed by atoms with Gasteiger partial charge in [-0.1, -0.05) is 0 Å². The van der Waals surface area contributed by atoms with Crippen molar-refractivity contribution in [3.63, 3.8) is 0 Å². The van der Waals surface area contributed by atoms with Gasteiger partial charge in [-0.2, -0.15) is 0 Å². The second-order valence-electron chi connectivity index (χ2n) is 0. The summed E-state index contributed by atoms with van der Waals surface area (Å²) in [6.45, 7) is 0. The largest absolute Gasteiger partial charge is 0.412 e. The fourth-order valence-corrected chi connectivity index (χ4v) is 0. The van der Waals surface area contributed by atoms with Crippen molar-refractivity contribution < 1.29 is 393 Å². The van der Waals surface area contributed by atoms with E-state index < -0.39 is 0 Å². The van der Waals surface area contributed by atoms with Gasteiger partial charge in [-0.05, 0) is 0 Å². The SMILES string of the molecule is O.O.O.O.O.O.O.O.O.O.O.O.O.O.O.O.O.O.O.O.O.O.O.O.O.[Fe].[Fe].[Fe].[Fe].[Fe].[Fe].[Fe].[Fe].[Fe].[Fe].[Fe].[Fe].[Fe].[Fe].[Fe].